The monoisotopic (exact) mass is 317 g/mol. The van der Waals surface area contributed by atoms with Crippen molar-refractivity contribution in [2.24, 2.45) is 0 Å². The number of rotatable bonds is 2. The Hall–Kier alpha value is -2.08. The molecule has 0 saturated heterocycles. The van der Waals surface area contributed by atoms with Crippen molar-refractivity contribution in [1.29, 1.82) is 0 Å². The number of benzene rings is 1. The third kappa shape index (κ3) is 3.32. The van der Waals surface area contributed by atoms with Gasteiger partial charge in [-0.2, -0.15) is 5.10 Å². The van der Waals surface area contributed by atoms with E-state index in [1.807, 2.05) is 56.6 Å². The maximum absolute atomic E-state index is 12.0. The van der Waals surface area contributed by atoms with E-state index in [0.717, 1.165) is 23.1 Å². The zero-order valence-corrected chi connectivity index (χ0v) is 14.0. The number of alkyl carbamates (subject to hydrolysis) is 1. The quantitative estimate of drug-likeness (QED) is 0.924. The van der Waals surface area contributed by atoms with E-state index in [4.69, 9.17) is 9.47 Å². The SMILES string of the molecule is C[C@@H](NC(=O)OC(C)(C)C)[C@H]1OCCn2nc3ccccc3c21. The van der Waals surface area contributed by atoms with Crippen molar-refractivity contribution in [3.05, 3.63) is 30.0 Å². The van der Waals surface area contributed by atoms with E-state index in [2.05, 4.69) is 10.4 Å². The predicted molar refractivity (Wildman–Crippen MR) is 87.3 cm³/mol. The highest BCUT2D eigenvalue weighted by Crippen LogP contribution is 2.31. The fourth-order valence-electron chi connectivity index (χ4n) is 2.87. The molecule has 2 heterocycles. The van der Waals surface area contributed by atoms with E-state index < -0.39 is 11.7 Å². The molecule has 1 amide bonds. The number of hydrogen-bond donors (Lipinski definition) is 1. The summed E-state index contributed by atoms with van der Waals surface area (Å²) in [6, 6.07) is 7.77. The van der Waals surface area contributed by atoms with Gasteiger partial charge in [-0.1, -0.05) is 18.2 Å². The molecule has 124 valence electrons. The van der Waals surface area contributed by atoms with Crippen molar-refractivity contribution >= 4 is 17.0 Å². The molecule has 1 aliphatic heterocycles. The largest absolute Gasteiger partial charge is 0.444 e. The van der Waals surface area contributed by atoms with E-state index >= 15 is 0 Å². The van der Waals surface area contributed by atoms with Gasteiger partial charge in [0.2, 0.25) is 0 Å². The average molecular weight is 317 g/mol. The molecule has 0 fully saturated rings. The first kappa shape index (κ1) is 15.8. The van der Waals surface area contributed by atoms with Crippen molar-refractivity contribution in [2.45, 2.75) is 52.0 Å². The van der Waals surface area contributed by atoms with Crippen molar-refractivity contribution in [3.63, 3.8) is 0 Å². The maximum atomic E-state index is 12.0. The van der Waals surface area contributed by atoms with Crippen molar-refractivity contribution < 1.29 is 14.3 Å². The number of ether oxygens (including phenoxy) is 2. The lowest BCUT2D eigenvalue weighted by Gasteiger charge is -2.30. The molecule has 0 bridgehead atoms. The zero-order chi connectivity index (χ0) is 16.6. The number of aromatic nitrogens is 2. The van der Waals surface area contributed by atoms with Crippen LogP contribution in [0.4, 0.5) is 4.79 Å². The Morgan fingerprint density at radius 3 is 2.91 bits per heavy atom. The molecular formula is C17H23N3O3. The number of amides is 1. The van der Waals surface area contributed by atoms with Crippen LogP contribution in [0.5, 0.6) is 0 Å². The van der Waals surface area contributed by atoms with Crippen LogP contribution >= 0.6 is 0 Å². The second-order valence-electron chi connectivity index (χ2n) is 6.85. The lowest BCUT2D eigenvalue weighted by molar-refractivity contribution is -0.00765. The van der Waals surface area contributed by atoms with E-state index in [9.17, 15) is 4.79 Å². The van der Waals surface area contributed by atoms with Crippen LogP contribution < -0.4 is 5.32 Å². The van der Waals surface area contributed by atoms with Gasteiger partial charge >= 0.3 is 6.09 Å². The zero-order valence-electron chi connectivity index (χ0n) is 14.0. The minimum Gasteiger partial charge on any atom is -0.444 e. The van der Waals surface area contributed by atoms with Gasteiger partial charge in [0, 0.05) is 5.39 Å². The number of nitrogens with zero attached hydrogens (tertiary/aromatic N) is 2. The molecular weight excluding hydrogens is 294 g/mol. The van der Waals surface area contributed by atoms with Crippen LogP contribution in [0.2, 0.25) is 0 Å². The second-order valence-corrected chi connectivity index (χ2v) is 6.85. The second kappa shape index (κ2) is 5.85. The number of carbonyl (C=O) groups excluding carboxylic acids is 1. The Morgan fingerprint density at radius 2 is 2.17 bits per heavy atom. The molecule has 0 saturated carbocycles. The van der Waals surface area contributed by atoms with Gasteiger partial charge in [-0.15, -0.1) is 0 Å². The minimum absolute atomic E-state index is 0.219. The van der Waals surface area contributed by atoms with Gasteiger partial charge in [0.1, 0.15) is 11.7 Å². The first-order valence-electron chi connectivity index (χ1n) is 7.92. The number of fused-ring (bicyclic) bond motifs is 3. The van der Waals surface area contributed by atoms with Gasteiger partial charge in [-0.3, -0.25) is 4.68 Å². The van der Waals surface area contributed by atoms with Gasteiger partial charge in [-0.25, -0.2) is 4.79 Å². The van der Waals surface area contributed by atoms with E-state index in [1.165, 1.54) is 0 Å². The number of nitrogens with one attached hydrogen (secondary N) is 1. The molecule has 1 aromatic heterocycles. The number of hydrogen-bond acceptors (Lipinski definition) is 4. The van der Waals surface area contributed by atoms with Crippen LogP contribution in [0, 0.1) is 0 Å². The molecule has 0 unspecified atom stereocenters. The Balaban J connectivity index is 1.83. The van der Waals surface area contributed by atoms with Gasteiger partial charge in [-0.05, 0) is 33.8 Å². The maximum Gasteiger partial charge on any atom is 0.407 e. The summed E-state index contributed by atoms with van der Waals surface area (Å²) in [6.45, 7) is 8.75. The summed E-state index contributed by atoms with van der Waals surface area (Å²) in [4.78, 5) is 12.0. The van der Waals surface area contributed by atoms with Gasteiger partial charge in [0.15, 0.2) is 0 Å². The molecule has 23 heavy (non-hydrogen) atoms. The molecule has 6 heteroatoms. The Bertz CT molecular complexity index is 717. The smallest absolute Gasteiger partial charge is 0.407 e. The van der Waals surface area contributed by atoms with Crippen LogP contribution in [0.25, 0.3) is 10.9 Å². The molecule has 2 atom stereocenters. The summed E-state index contributed by atoms with van der Waals surface area (Å²) in [5.74, 6) is 0. The fourth-order valence-corrected chi connectivity index (χ4v) is 2.87. The molecule has 1 aromatic carbocycles. The molecule has 1 N–H and O–H groups in total. The Labute approximate surface area is 135 Å². The normalized spacial score (nSPS) is 19.2. The van der Waals surface area contributed by atoms with Gasteiger partial charge in [0.25, 0.3) is 0 Å². The first-order valence-corrected chi connectivity index (χ1v) is 7.92. The molecule has 0 spiro atoms. The topological polar surface area (TPSA) is 65.4 Å². The van der Waals surface area contributed by atoms with Crippen LogP contribution in [0.15, 0.2) is 24.3 Å². The third-order valence-corrected chi connectivity index (χ3v) is 3.76. The fraction of sp³-hybridized carbons (Fsp3) is 0.529. The van der Waals surface area contributed by atoms with Crippen molar-refractivity contribution in [1.82, 2.24) is 15.1 Å². The summed E-state index contributed by atoms with van der Waals surface area (Å²) < 4.78 is 13.2. The molecule has 3 rings (SSSR count). The lowest BCUT2D eigenvalue weighted by atomic mass is 10.0. The van der Waals surface area contributed by atoms with Crippen molar-refractivity contribution in [2.75, 3.05) is 6.61 Å². The summed E-state index contributed by atoms with van der Waals surface area (Å²) in [6.07, 6.45) is -0.682. The summed E-state index contributed by atoms with van der Waals surface area (Å²) in [7, 11) is 0. The van der Waals surface area contributed by atoms with Crippen LogP contribution in [-0.2, 0) is 16.0 Å². The molecule has 2 aromatic rings. The molecule has 1 aliphatic rings. The van der Waals surface area contributed by atoms with Gasteiger partial charge < -0.3 is 14.8 Å². The number of carbonyl (C=O) groups is 1. The Morgan fingerprint density at radius 1 is 1.43 bits per heavy atom. The summed E-state index contributed by atoms with van der Waals surface area (Å²) >= 11 is 0. The highest BCUT2D eigenvalue weighted by molar-refractivity contribution is 5.82. The third-order valence-electron chi connectivity index (χ3n) is 3.76. The Kier molecular flexibility index (Phi) is 4.02. The predicted octanol–water partition coefficient (Wildman–Crippen LogP) is 3.02. The highest BCUT2D eigenvalue weighted by atomic mass is 16.6. The van der Waals surface area contributed by atoms with Crippen molar-refractivity contribution in [3.8, 4) is 0 Å². The molecule has 6 nitrogen and oxygen atoms in total. The minimum atomic E-state index is -0.522. The van der Waals surface area contributed by atoms with E-state index in [1.54, 1.807) is 0 Å². The lowest BCUT2D eigenvalue weighted by Crippen LogP contribution is -2.43. The summed E-state index contributed by atoms with van der Waals surface area (Å²) in [5, 5.41) is 8.56. The van der Waals surface area contributed by atoms with Gasteiger partial charge in [0.05, 0.1) is 30.4 Å². The average Bonchev–Trinajstić information content (AvgIpc) is 2.83. The standard InChI is InChI=1S/C17H23N3O3/c1-11(18-16(21)23-17(2,3)4)15-14-12-7-5-6-8-13(12)19-20(14)9-10-22-15/h5-8,11,15H,9-10H2,1-4H3,(H,18,21)/t11-,15-/m1/s1. The van der Waals surface area contributed by atoms with Crippen LogP contribution in [-0.4, -0.2) is 34.1 Å². The molecule has 0 radical (unpaired) electrons. The summed E-state index contributed by atoms with van der Waals surface area (Å²) in [5.41, 5.74) is 1.43. The van der Waals surface area contributed by atoms with Crippen LogP contribution in [0.1, 0.15) is 39.5 Å². The van der Waals surface area contributed by atoms with E-state index in [0.29, 0.717) is 6.61 Å². The highest BCUT2D eigenvalue weighted by Gasteiger charge is 2.31. The molecule has 0 aliphatic carbocycles. The van der Waals surface area contributed by atoms with E-state index in [-0.39, 0.29) is 12.1 Å². The van der Waals surface area contributed by atoms with Crippen LogP contribution in [0.3, 0.4) is 0 Å². The first-order chi connectivity index (χ1) is 10.8.